The molecule has 0 bridgehead atoms. The molecule has 3 N–H and O–H groups in total. The topological polar surface area (TPSA) is 89.6 Å². The van der Waals surface area contributed by atoms with E-state index < -0.39 is 17.5 Å². The fourth-order valence-electron chi connectivity index (χ4n) is 3.56. The van der Waals surface area contributed by atoms with E-state index in [0.717, 1.165) is 11.1 Å². The van der Waals surface area contributed by atoms with Crippen LogP contribution in [-0.4, -0.2) is 23.0 Å². The maximum absolute atomic E-state index is 13.2. The van der Waals surface area contributed by atoms with Crippen molar-refractivity contribution >= 4 is 47.4 Å². The van der Waals surface area contributed by atoms with Crippen molar-refractivity contribution in [3.8, 4) is 5.75 Å². The monoisotopic (exact) mass is 457 g/mol. The normalized spacial score (nSPS) is 18.7. The zero-order valence-corrected chi connectivity index (χ0v) is 18.3. The lowest BCUT2D eigenvalue weighted by atomic mass is 9.78. The fourth-order valence-corrected chi connectivity index (χ4v) is 4.06. The minimum Gasteiger partial charge on any atom is -0.479 e. The summed E-state index contributed by atoms with van der Waals surface area (Å²) in [5.41, 5.74) is 7.76. The Bertz CT molecular complexity index is 946. The number of ketones is 1. The Labute approximate surface area is 185 Å². The summed E-state index contributed by atoms with van der Waals surface area (Å²) in [6.07, 6.45) is -0.357. The van der Waals surface area contributed by atoms with E-state index >= 15 is 0 Å². The average Bonchev–Trinajstić information content (AvgIpc) is 2.94. The summed E-state index contributed by atoms with van der Waals surface area (Å²) in [6.45, 7) is 3.99. The third-order valence-corrected chi connectivity index (χ3v) is 6.12. The highest BCUT2D eigenvalue weighted by molar-refractivity contribution is 6.45. The minimum absolute atomic E-state index is 0. The van der Waals surface area contributed by atoms with Crippen molar-refractivity contribution in [2.75, 3.05) is 0 Å². The Kier molecular flexibility index (Phi) is 7.23. The summed E-state index contributed by atoms with van der Waals surface area (Å²) < 4.78 is 5.56. The Morgan fingerprint density at radius 1 is 1.28 bits per heavy atom. The molecule has 156 valence electrons. The highest BCUT2D eigenvalue weighted by Gasteiger charge is 2.45. The summed E-state index contributed by atoms with van der Waals surface area (Å²) >= 11 is 12.7. The smallest absolute Gasteiger partial charge is 0.344 e. The molecule has 2 aromatic carbocycles. The Balaban J connectivity index is 0.00000300. The molecule has 0 aliphatic heterocycles. The highest BCUT2D eigenvalue weighted by Crippen LogP contribution is 2.47. The van der Waals surface area contributed by atoms with Gasteiger partial charge >= 0.3 is 5.97 Å². The van der Waals surface area contributed by atoms with Crippen LogP contribution in [0.4, 0.5) is 0 Å². The Hall–Kier alpha value is -1.79. The van der Waals surface area contributed by atoms with Gasteiger partial charge in [-0.2, -0.15) is 0 Å². The maximum Gasteiger partial charge on any atom is 0.344 e. The van der Waals surface area contributed by atoms with Gasteiger partial charge in [-0.3, -0.25) is 4.79 Å². The van der Waals surface area contributed by atoms with Gasteiger partial charge < -0.3 is 15.6 Å². The van der Waals surface area contributed by atoms with Gasteiger partial charge in [0.2, 0.25) is 0 Å². The first-order chi connectivity index (χ1) is 13.2. The molecule has 0 spiro atoms. The molecule has 2 aromatic rings. The second-order valence-corrected chi connectivity index (χ2v) is 7.88. The number of aliphatic carboxylic acids is 1. The van der Waals surface area contributed by atoms with Gasteiger partial charge in [0, 0.05) is 12.1 Å². The molecule has 0 saturated heterocycles. The number of rotatable bonds is 6. The molecule has 8 heteroatoms. The van der Waals surface area contributed by atoms with E-state index in [4.69, 9.17) is 33.7 Å². The van der Waals surface area contributed by atoms with Gasteiger partial charge in [-0.25, -0.2) is 4.79 Å². The summed E-state index contributed by atoms with van der Waals surface area (Å²) in [6, 6.07) is 9.23. The van der Waals surface area contributed by atoms with Crippen LogP contribution < -0.4 is 10.5 Å². The lowest BCUT2D eigenvalue weighted by molar-refractivity contribution is -0.145. The van der Waals surface area contributed by atoms with Crippen LogP contribution >= 0.6 is 35.6 Å². The van der Waals surface area contributed by atoms with E-state index in [1.807, 2.05) is 31.2 Å². The van der Waals surface area contributed by atoms with E-state index in [1.165, 1.54) is 0 Å². The number of fused-ring (bicyclic) bond motifs is 1. The maximum atomic E-state index is 13.2. The predicted molar refractivity (Wildman–Crippen MR) is 116 cm³/mol. The number of ether oxygens (including phenoxy) is 1. The number of carbonyl (C=O) groups excluding carboxylic acids is 1. The molecule has 0 heterocycles. The third kappa shape index (κ3) is 4.10. The summed E-state index contributed by atoms with van der Waals surface area (Å²) in [4.78, 5) is 24.5. The largest absolute Gasteiger partial charge is 0.479 e. The number of carboxylic acids is 1. The van der Waals surface area contributed by atoms with Crippen LogP contribution in [0.2, 0.25) is 10.0 Å². The number of hydrogen-bond donors (Lipinski definition) is 2. The van der Waals surface area contributed by atoms with Gasteiger partial charge in [0.15, 0.2) is 11.9 Å². The molecule has 0 amide bonds. The van der Waals surface area contributed by atoms with Crippen molar-refractivity contribution < 1.29 is 19.4 Å². The molecule has 5 nitrogen and oxygen atoms in total. The molecule has 0 radical (unpaired) electrons. The van der Waals surface area contributed by atoms with Crippen molar-refractivity contribution in [2.45, 2.75) is 44.8 Å². The van der Waals surface area contributed by atoms with Crippen LogP contribution in [0.5, 0.6) is 5.75 Å². The van der Waals surface area contributed by atoms with Crippen molar-refractivity contribution in [3.05, 3.63) is 62.6 Å². The first-order valence-electron chi connectivity index (χ1n) is 8.97. The van der Waals surface area contributed by atoms with Crippen molar-refractivity contribution in [2.24, 2.45) is 5.73 Å². The molecule has 0 fully saturated rings. The number of carbonyl (C=O) groups is 2. The van der Waals surface area contributed by atoms with Crippen molar-refractivity contribution in [1.82, 2.24) is 0 Å². The van der Waals surface area contributed by atoms with Gasteiger partial charge in [-0.05, 0) is 42.5 Å². The Morgan fingerprint density at radius 2 is 1.90 bits per heavy atom. The minimum atomic E-state index is -1.09. The van der Waals surface area contributed by atoms with Gasteiger partial charge in [0.25, 0.3) is 0 Å². The van der Waals surface area contributed by atoms with Gasteiger partial charge in [0.05, 0.1) is 10.4 Å². The van der Waals surface area contributed by atoms with Crippen molar-refractivity contribution in [3.63, 3.8) is 0 Å². The predicted octanol–water partition coefficient (Wildman–Crippen LogP) is 4.81. The molecule has 1 aliphatic rings. The van der Waals surface area contributed by atoms with Crippen LogP contribution in [0.1, 0.15) is 47.3 Å². The van der Waals surface area contributed by atoms with E-state index in [1.54, 1.807) is 13.0 Å². The molecule has 3 rings (SSSR count). The molecule has 2 unspecified atom stereocenters. The number of halogens is 3. The van der Waals surface area contributed by atoms with E-state index in [2.05, 4.69) is 0 Å². The summed E-state index contributed by atoms with van der Waals surface area (Å²) in [5, 5.41) is 9.39. The molecule has 0 saturated carbocycles. The van der Waals surface area contributed by atoms with E-state index in [9.17, 15) is 14.7 Å². The Morgan fingerprint density at radius 3 is 2.41 bits per heavy atom. The number of hydrogen-bond acceptors (Lipinski definition) is 4. The second-order valence-electron chi connectivity index (χ2n) is 7.13. The first-order valence-corrected chi connectivity index (χ1v) is 9.73. The van der Waals surface area contributed by atoms with Crippen LogP contribution in [0.25, 0.3) is 0 Å². The van der Waals surface area contributed by atoms with Crippen LogP contribution in [0, 0.1) is 0 Å². The quantitative estimate of drug-likeness (QED) is 0.648. The fraction of sp³-hybridized carbons (Fsp3) is 0.333. The zero-order chi connectivity index (χ0) is 20.6. The molecule has 29 heavy (non-hydrogen) atoms. The lowest BCUT2D eigenvalue weighted by Gasteiger charge is -2.22. The van der Waals surface area contributed by atoms with E-state index in [-0.39, 0.29) is 40.4 Å². The highest BCUT2D eigenvalue weighted by atomic mass is 35.5. The zero-order valence-electron chi connectivity index (χ0n) is 16.0. The first kappa shape index (κ1) is 23.5. The van der Waals surface area contributed by atoms with Crippen LogP contribution in [0.3, 0.4) is 0 Å². The molecular weight excluding hydrogens is 437 g/mol. The molecule has 2 atom stereocenters. The second kappa shape index (κ2) is 8.92. The lowest BCUT2D eigenvalue weighted by Crippen LogP contribution is -2.29. The van der Waals surface area contributed by atoms with Crippen molar-refractivity contribution in [1.29, 1.82) is 0 Å². The summed E-state index contributed by atoms with van der Waals surface area (Å²) in [7, 11) is 0. The van der Waals surface area contributed by atoms with Crippen LogP contribution in [0.15, 0.2) is 30.3 Å². The summed E-state index contributed by atoms with van der Waals surface area (Å²) in [5.74, 6) is -1.03. The van der Waals surface area contributed by atoms with E-state index in [0.29, 0.717) is 24.1 Å². The molecule has 1 aliphatic carbocycles. The van der Waals surface area contributed by atoms with Gasteiger partial charge in [-0.1, -0.05) is 54.4 Å². The molecular formula is C21H22Cl3NO4. The SMILES string of the molecule is CCC(Oc1cc2c(c(Cl)c1Cl)C(=O)C(C)(c1ccc(CN)cc1)C2)C(=O)O.Cl. The third-order valence-electron chi connectivity index (χ3n) is 5.27. The number of carboxylic acid groups (broad SMARTS) is 1. The van der Waals surface area contributed by atoms with Gasteiger partial charge in [0.1, 0.15) is 10.8 Å². The van der Waals surface area contributed by atoms with Crippen LogP contribution in [-0.2, 0) is 23.2 Å². The van der Waals surface area contributed by atoms with Gasteiger partial charge in [-0.15, -0.1) is 12.4 Å². The number of nitrogens with two attached hydrogens (primary N) is 1. The average molecular weight is 459 g/mol. The number of Topliss-reactive ketones (excluding diaryl/α,β-unsaturated/α-hetero) is 1. The molecule has 0 aromatic heterocycles. The number of benzene rings is 2. The standard InChI is InChI=1S/C21H21Cl2NO4.ClH/c1-3-14(20(26)27)28-15-8-12-9-21(2,13-6-4-11(10-24)5-7-13)19(25)16(12)18(23)17(15)22;/h4-8,14H,3,9-10,24H2,1-2H3,(H,26,27);1H.